The monoisotopic (exact) mass is 311 g/mol. The minimum Gasteiger partial charge on any atom is -0.293 e. The largest absolute Gasteiger partial charge is 0.293 e. The van der Waals surface area contributed by atoms with Gasteiger partial charge in [-0.25, -0.2) is 15.0 Å². The van der Waals surface area contributed by atoms with E-state index in [1.165, 1.54) is 18.5 Å². The highest BCUT2D eigenvalue weighted by Crippen LogP contribution is 2.21. The van der Waals surface area contributed by atoms with Gasteiger partial charge in [0, 0.05) is 30.2 Å². The molecule has 0 aliphatic carbocycles. The SMILES string of the molecule is Cc1cc(C)n2cc(CN3CCC[C@H]3Cn3cncn3)nc2n1. The molecule has 3 aromatic heterocycles. The Morgan fingerprint density at radius 3 is 3.00 bits per heavy atom. The average Bonchev–Trinajstić information content (AvgIpc) is 3.22. The van der Waals surface area contributed by atoms with Gasteiger partial charge in [-0.2, -0.15) is 5.10 Å². The Hall–Kier alpha value is -2.28. The smallest absolute Gasteiger partial charge is 0.234 e. The molecule has 4 heterocycles. The van der Waals surface area contributed by atoms with Crippen LogP contribution in [-0.2, 0) is 13.1 Å². The molecule has 1 aliphatic heterocycles. The molecule has 0 N–H and O–H groups in total. The molecule has 1 saturated heterocycles. The lowest BCUT2D eigenvalue weighted by molar-refractivity contribution is 0.217. The Morgan fingerprint density at radius 1 is 1.26 bits per heavy atom. The van der Waals surface area contributed by atoms with Crippen molar-refractivity contribution in [3.8, 4) is 0 Å². The van der Waals surface area contributed by atoms with E-state index in [-0.39, 0.29) is 0 Å². The van der Waals surface area contributed by atoms with Crippen LogP contribution in [0.5, 0.6) is 0 Å². The average molecular weight is 311 g/mol. The highest BCUT2D eigenvalue weighted by Gasteiger charge is 2.26. The van der Waals surface area contributed by atoms with Crippen LogP contribution in [0.4, 0.5) is 0 Å². The predicted octanol–water partition coefficient (Wildman–Crippen LogP) is 1.60. The minimum absolute atomic E-state index is 0.498. The lowest BCUT2D eigenvalue weighted by Gasteiger charge is -2.23. The Bertz CT molecular complexity index is 805. The molecular weight excluding hydrogens is 290 g/mol. The molecule has 3 aromatic rings. The van der Waals surface area contributed by atoms with Crippen molar-refractivity contribution in [2.24, 2.45) is 0 Å². The Kier molecular flexibility index (Phi) is 3.57. The Balaban J connectivity index is 1.53. The normalized spacial score (nSPS) is 19.0. The van der Waals surface area contributed by atoms with Gasteiger partial charge in [0.05, 0.1) is 12.2 Å². The van der Waals surface area contributed by atoms with E-state index in [1.807, 2.05) is 11.6 Å². The van der Waals surface area contributed by atoms with E-state index in [0.717, 1.165) is 36.8 Å². The van der Waals surface area contributed by atoms with Crippen LogP contribution >= 0.6 is 0 Å². The Labute approximate surface area is 135 Å². The fourth-order valence-electron chi connectivity index (χ4n) is 3.46. The second kappa shape index (κ2) is 5.73. The van der Waals surface area contributed by atoms with Crippen molar-refractivity contribution in [2.75, 3.05) is 6.54 Å². The summed E-state index contributed by atoms with van der Waals surface area (Å²) in [6.07, 6.45) is 7.92. The maximum atomic E-state index is 4.70. The number of aromatic nitrogens is 6. The molecule has 0 spiro atoms. The molecule has 0 unspecified atom stereocenters. The molecule has 0 aromatic carbocycles. The number of rotatable bonds is 4. The third-order valence-corrected chi connectivity index (χ3v) is 4.54. The van der Waals surface area contributed by atoms with Gasteiger partial charge in [-0.05, 0) is 39.3 Å². The molecular formula is C16H21N7. The van der Waals surface area contributed by atoms with Gasteiger partial charge in [0.25, 0.3) is 0 Å². The number of likely N-dealkylation sites (tertiary alicyclic amines) is 1. The van der Waals surface area contributed by atoms with Gasteiger partial charge in [0.2, 0.25) is 5.78 Å². The van der Waals surface area contributed by atoms with E-state index in [1.54, 1.807) is 12.7 Å². The van der Waals surface area contributed by atoms with Gasteiger partial charge < -0.3 is 0 Å². The van der Waals surface area contributed by atoms with Crippen molar-refractivity contribution in [1.29, 1.82) is 0 Å². The number of hydrogen-bond acceptors (Lipinski definition) is 5. The van der Waals surface area contributed by atoms with Crippen LogP contribution in [0.2, 0.25) is 0 Å². The highest BCUT2D eigenvalue weighted by atomic mass is 15.3. The summed E-state index contributed by atoms with van der Waals surface area (Å²) in [5.74, 6) is 0.796. The van der Waals surface area contributed by atoms with Crippen LogP contribution in [-0.4, -0.2) is 46.6 Å². The maximum absolute atomic E-state index is 4.70. The van der Waals surface area contributed by atoms with Crippen LogP contribution in [0.1, 0.15) is 29.9 Å². The summed E-state index contributed by atoms with van der Waals surface area (Å²) in [4.78, 5) is 15.7. The summed E-state index contributed by atoms with van der Waals surface area (Å²) < 4.78 is 3.99. The van der Waals surface area contributed by atoms with Crippen molar-refractivity contribution in [1.82, 2.24) is 34.0 Å². The molecule has 120 valence electrons. The van der Waals surface area contributed by atoms with Crippen LogP contribution in [0.3, 0.4) is 0 Å². The van der Waals surface area contributed by atoms with E-state index in [9.17, 15) is 0 Å². The summed E-state index contributed by atoms with van der Waals surface area (Å²) in [7, 11) is 0. The van der Waals surface area contributed by atoms with Crippen LogP contribution in [0.25, 0.3) is 5.78 Å². The molecule has 0 amide bonds. The van der Waals surface area contributed by atoms with Gasteiger partial charge in [-0.1, -0.05) is 0 Å². The molecule has 0 bridgehead atoms. The second-order valence-corrected chi connectivity index (χ2v) is 6.33. The first kappa shape index (κ1) is 14.3. The summed E-state index contributed by atoms with van der Waals surface area (Å²) in [5, 5.41) is 4.23. The van der Waals surface area contributed by atoms with Crippen molar-refractivity contribution in [2.45, 2.75) is 45.8 Å². The molecule has 0 saturated carbocycles. The predicted molar refractivity (Wildman–Crippen MR) is 85.9 cm³/mol. The molecule has 1 fully saturated rings. The first-order chi connectivity index (χ1) is 11.2. The number of fused-ring (bicyclic) bond motifs is 1. The second-order valence-electron chi connectivity index (χ2n) is 6.33. The zero-order valence-electron chi connectivity index (χ0n) is 13.6. The summed E-state index contributed by atoms with van der Waals surface area (Å²) in [6.45, 7) is 6.97. The maximum Gasteiger partial charge on any atom is 0.234 e. The van der Waals surface area contributed by atoms with Gasteiger partial charge in [-0.15, -0.1) is 0 Å². The van der Waals surface area contributed by atoms with Crippen molar-refractivity contribution in [3.63, 3.8) is 0 Å². The van der Waals surface area contributed by atoms with Gasteiger partial charge >= 0.3 is 0 Å². The Morgan fingerprint density at radius 2 is 2.17 bits per heavy atom. The van der Waals surface area contributed by atoms with Crippen molar-refractivity contribution >= 4 is 5.78 Å². The summed E-state index contributed by atoms with van der Waals surface area (Å²) in [6, 6.07) is 2.58. The third-order valence-electron chi connectivity index (χ3n) is 4.54. The van der Waals surface area contributed by atoms with Crippen LogP contribution in [0.15, 0.2) is 24.9 Å². The molecule has 4 rings (SSSR count). The van der Waals surface area contributed by atoms with Gasteiger partial charge in [-0.3, -0.25) is 14.0 Å². The molecule has 23 heavy (non-hydrogen) atoms. The van der Waals surface area contributed by atoms with E-state index in [4.69, 9.17) is 4.98 Å². The van der Waals surface area contributed by atoms with Crippen LogP contribution in [0, 0.1) is 13.8 Å². The lowest BCUT2D eigenvalue weighted by atomic mass is 10.2. The van der Waals surface area contributed by atoms with Gasteiger partial charge in [0.1, 0.15) is 12.7 Å². The number of nitrogens with zero attached hydrogens (tertiary/aromatic N) is 7. The molecule has 1 atom stereocenters. The minimum atomic E-state index is 0.498. The zero-order chi connectivity index (χ0) is 15.8. The molecule has 0 radical (unpaired) electrons. The van der Waals surface area contributed by atoms with Crippen molar-refractivity contribution < 1.29 is 0 Å². The number of imidazole rings is 1. The van der Waals surface area contributed by atoms with E-state index >= 15 is 0 Å². The fourth-order valence-corrected chi connectivity index (χ4v) is 3.46. The summed E-state index contributed by atoms with van der Waals surface area (Å²) in [5.41, 5.74) is 3.26. The lowest BCUT2D eigenvalue weighted by Crippen LogP contribution is -2.32. The first-order valence-electron chi connectivity index (χ1n) is 8.08. The quantitative estimate of drug-likeness (QED) is 0.732. The first-order valence-corrected chi connectivity index (χ1v) is 8.08. The summed E-state index contributed by atoms with van der Waals surface area (Å²) >= 11 is 0. The number of hydrogen-bond donors (Lipinski definition) is 0. The number of aryl methyl sites for hydroxylation is 2. The third kappa shape index (κ3) is 2.84. The van der Waals surface area contributed by atoms with Crippen LogP contribution < -0.4 is 0 Å². The van der Waals surface area contributed by atoms with E-state index < -0.39 is 0 Å². The zero-order valence-corrected chi connectivity index (χ0v) is 13.6. The van der Waals surface area contributed by atoms with Crippen molar-refractivity contribution in [3.05, 3.63) is 42.0 Å². The standard InChI is InChI=1S/C16H21N7/c1-12-6-13(2)23-8-14(20-16(23)19-12)7-21-5-3-4-15(21)9-22-11-17-10-18-22/h6,8,10-11,15H,3-5,7,9H2,1-2H3/t15-/m0/s1. The topological polar surface area (TPSA) is 64.1 Å². The fraction of sp³-hybridized carbons (Fsp3) is 0.500. The highest BCUT2D eigenvalue weighted by molar-refractivity contribution is 5.34. The molecule has 7 nitrogen and oxygen atoms in total. The van der Waals surface area contributed by atoms with E-state index in [0.29, 0.717) is 6.04 Å². The van der Waals surface area contributed by atoms with E-state index in [2.05, 4.69) is 43.6 Å². The molecule has 1 aliphatic rings. The van der Waals surface area contributed by atoms with Gasteiger partial charge in [0.15, 0.2) is 0 Å². The molecule has 7 heteroatoms.